The number of benzene rings is 5. The molecule has 0 aliphatic carbocycles. The molecule has 0 aromatic heterocycles. The summed E-state index contributed by atoms with van der Waals surface area (Å²) in [6.07, 6.45) is 0. The van der Waals surface area contributed by atoms with E-state index in [0.29, 0.717) is 22.3 Å². The molecule has 12 heteroatoms. The summed E-state index contributed by atoms with van der Waals surface area (Å²) in [5.74, 6) is 0.0480. The molecule has 0 spiro atoms. The summed E-state index contributed by atoms with van der Waals surface area (Å²) in [5.41, 5.74) is 4.43. The van der Waals surface area contributed by atoms with Crippen LogP contribution in [0.15, 0.2) is 72.8 Å². The van der Waals surface area contributed by atoms with Gasteiger partial charge in [-0.05, 0) is 81.9 Å². The van der Waals surface area contributed by atoms with Crippen molar-refractivity contribution in [3.05, 3.63) is 106 Å². The Hall–Kier alpha value is -6.30. The molecule has 0 saturated heterocycles. The van der Waals surface area contributed by atoms with Crippen molar-refractivity contribution < 1.29 is 58.3 Å². The molecule has 274 valence electrons. The Morgan fingerprint density at radius 2 is 0.442 bits per heavy atom. The SMILES string of the molecule is COc1cc(C(c2ccc(C(c3cc(OC)c(O)c(OC)c3)c3cc(OC)c(O)c(OC)c3)cc2)c2cc(OC)c(O)c(OC)c2)cc(OC)c1O. The molecule has 0 bridgehead atoms. The molecule has 5 aromatic rings. The first-order valence-corrected chi connectivity index (χ1v) is 16.0. The molecule has 5 rings (SSSR count). The standard InChI is InChI=1S/C40H42O12/c1-45-27-13-23(14-28(46-2)37(27)41)35(24-15-29(47-3)38(42)30(16-24)48-4)21-9-11-22(12-10-21)36(25-17-31(49-5)39(43)32(18-25)50-6)26-19-33(51-7)40(44)34(20-26)52-8/h9-20,35-36,41-44H,1-8H3. The highest BCUT2D eigenvalue weighted by Gasteiger charge is 2.27. The van der Waals surface area contributed by atoms with Gasteiger partial charge in [-0.25, -0.2) is 0 Å². The summed E-state index contributed by atoms with van der Waals surface area (Å²) in [5, 5.41) is 43.0. The van der Waals surface area contributed by atoms with E-state index in [1.54, 1.807) is 48.5 Å². The van der Waals surface area contributed by atoms with Gasteiger partial charge >= 0.3 is 0 Å². The highest BCUT2D eigenvalue weighted by molar-refractivity contribution is 5.63. The van der Waals surface area contributed by atoms with Crippen molar-refractivity contribution in [2.75, 3.05) is 56.9 Å². The molecule has 0 heterocycles. The molecular formula is C40H42O12. The predicted octanol–water partition coefficient (Wildman–Crippen LogP) is 6.94. The fourth-order valence-corrected chi connectivity index (χ4v) is 6.36. The third-order valence-electron chi connectivity index (χ3n) is 8.95. The Balaban J connectivity index is 1.77. The molecule has 0 fully saturated rings. The average Bonchev–Trinajstić information content (AvgIpc) is 3.17. The predicted molar refractivity (Wildman–Crippen MR) is 193 cm³/mol. The molecular weight excluding hydrogens is 672 g/mol. The number of phenols is 4. The number of rotatable bonds is 14. The van der Waals surface area contributed by atoms with Gasteiger partial charge in [0.2, 0.25) is 23.0 Å². The number of phenolic OH excluding ortho intramolecular Hbond substituents is 4. The van der Waals surface area contributed by atoms with E-state index in [4.69, 9.17) is 37.9 Å². The first-order chi connectivity index (χ1) is 25.1. The van der Waals surface area contributed by atoms with Crippen LogP contribution < -0.4 is 37.9 Å². The zero-order valence-electron chi connectivity index (χ0n) is 30.1. The minimum absolute atomic E-state index is 0.147. The first kappa shape index (κ1) is 37.0. The van der Waals surface area contributed by atoms with E-state index in [2.05, 4.69) is 0 Å². The van der Waals surface area contributed by atoms with Gasteiger partial charge in [0.15, 0.2) is 46.0 Å². The molecule has 0 radical (unpaired) electrons. The quantitative estimate of drug-likeness (QED) is 0.0881. The Bertz CT molecular complexity index is 1670. The number of aromatic hydroxyl groups is 4. The maximum absolute atomic E-state index is 10.7. The van der Waals surface area contributed by atoms with Gasteiger partial charge in [0, 0.05) is 11.8 Å². The van der Waals surface area contributed by atoms with E-state index < -0.39 is 11.8 Å². The third kappa shape index (κ3) is 6.87. The molecule has 4 N–H and O–H groups in total. The van der Waals surface area contributed by atoms with E-state index in [1.165, 1.54) is 56.9 Å². The van der Waals surface area contributed by atoms with Crippen LogP contribution in [0.2, 0.25) is 0 Å². The molecule has 0 amide bonds. The summed E-state index contributed by atoms with van der Waals surface area (Å²) in [7, 11) is 11.6. The smallest absolute Gasteiger partial charge is 0.200 e. The van der Waals surface area contributed by atoms with Crippen LogP contribution in [0.3, 0.4) is 0 Å². The number of hydrogen-bond acceptors (Lipinski definition) is 12. The minimum Gasteiger partial charge on any atom is -0.502 e. The van der Waals surface area contributed by atoms with E-state index in [-0.39, 0.29) is 69.0 Å². The van der Waals surface area contributed by atoms with Crippen LogP contribution >= 0.6 is 0 Å². The van der Waals surface area contributed by atoms with E-state index in [1.807, 2.05) is 24.3 Å². The number of ether oxygens (including phenoxy) is 8. The van der Waals surface area contributed by atoms with E-state index in [9.17, 15) is 20.4 Å². The Labute approximate surface area is 301 Å². The van der Waals surface area contributed by atoms with Gasteiger partial charge in [-0.15, -0.1) is 0 Å². The van der Waals surface area contributed by atoms with Crippen LogP contribution in [0, 0.1) is 0 Å². The van der Waals surface area contributed by atoms with Crippen LogP contribution in [-0.4, -0.2) is 77.3 Å². The van der Waals surface area contributed by atoms with Crippen LogP contribution in [0.25, 0.3) is 0 Å². The number of methoxy groups -OCH3 is 8. The van der Waals surface area contributed by atoms with Crippen molar-refractivity contribution >= 4 is 0 Å². The van der Waals surface area contributed by atoms with Crippen molar-refractivity contribution in [1.82, 2.24) is 0 Å². The monoisotopic (exact) mass is 714 g/mol. The fourth-order valence-electron chi connectivity index (χ4n) is 6.36. The van der Waals surface area contributed by atoms with Crippen LogP contribution in [0.5, 0.6) is 69.0 Å². The Kier molecular flexibility index (Phi) is 11.2. The highest BCUT2D eigenvalue weighted by Crippen LogP contribution is 2.48. The van der Waals surface area contributed by atoms with Crippen LogP contribution in [0.1, 0.15) is 45.2 Å². The van der Waals surface area contributed by atoms with Gasteiger partial charge in [-0.2, -0.15) is 0 Å². The van der Waals surface area contributed by atoms with Crippen LogP contribution in [0.4, 0.5) is 0 Å². The number of hydrogen-bond donors (Lipinski definition) is 4. The van der Waals surface area contributed by atoms with Crippen molar-refractivity contribution in [2.45, 2.75) is 11.8 Å². The molecule has 0 atom stereocenters. The van der Waals surface area contributed by atoms with Gasteiger partial charge in [-0.1, -0.05) is 24.3 Å². The molecule has 12 nitrogen and oxygen atoms in total. The highest BCUT2D eigenvalue weighted by atomic mass is 16.5. The fraction of sp³-hybridized carbons (Fsp3) is 0.250. The lowest BCUT2D eigenvalue weighted by Crippen LogP contribution is -2.08. The zero-order valence-corrected chi connectivity index (χ0v) is 30.1. The molecule has 0 aliphatic heterocycles. The lowest BCUT2D eigenvalue weighted by molar-refractivity contribution is 0.338. The van der Waals surface area contributed by atoms with Crippen molar-refractivity contribution in [1.29, 1.82) is 0 Å². The maximum Gasteiger partial charge on any atom is 0.200 e. The maximum atomic E-state index is 10.7. The third-order valence-corrected chi connectivity index (χ3v) is 8.95. The van der Waals surface area contributed by atoms with Gasteiger partial charge in [0.05, 0.1) is 56.9 Å². The largest absolute Gasteiger partial charge is 0.502 e. The zero-order chi connectivity index (χ0) is 37.7. The van der Waals surface area contributed by atoms with E-state index >= 15 is 0 Å². The first-order valence-electron chi connectivity index (χ1n) is 16.0. The summed E-state index contributed by atoms with van der Waals surface area (Å²) in [4.78, 5) is 0. The summed E-state index contributed by atoms with van der Waals surface area (Å²) in [6, 6.07) is 21.5. The Morgan fingerprint density at radius 3 is 0.577 bits per heavy atom. The topological polar surface area (TPSA) is 155 Å². The molecule has 0 aliphatic rings. The van der Waals surface area contributed by atoms with Gasteiger partial charge in [-0.3, -0.25) is 0 Å². The summed E-state index contributed by atoms with van der Waals surface area (Å²) in [6.45, 7) is 0. The normalized spacial score (nSPS) is 11.0. The van der Waals surface area contributed by atoms with Gasteiger partial charge in [0.25, 0.3) is 0 Å². The average molecular weight is 715 g/mol. The van der Waals surface area contributed by atoms with Gasteiger partial charge in [0.1, 0.15) is 0 Å². The lowest BCUT2D eigenvalue weighted by Gasteiger charge is -2.25. The summed E-state index contributed by atoms with van der Waals surface area (Å²) < 4.78 is 44.0. The summed E-state index contributed by atoms with van der Waals surface area (Å²) >= 11 is 0. The van der Waals surface area contributed by atoms with Crippen molar-refractivity contribution in [3.8, 4) is 69.0 Å². The molecule has 52 heavy (non-hydrogen) atoms. The van der Waals surface area contributed by atoms with Crippen molar-refractivity contribution in [3.63, 3.8) is 0 Å². The Morgan fingerprint density at radius 1 is 0.288 bits per heavy atom. The van der Waals surface area contributed by atoms with Crippen LogP contribution in [-0.2, 0) is 0 Å². The molecule has 0 saturated carbocycles. The molecule has 5 aromatic carbocycles. The molecule has 0 unspecified atom stereocenters. The second-order valence-corrected chi connectivity index (χ2v) is 11.6. The van der Waals surface area contributed by atoms with E-state index in [0.717, 1.165) is 11.1 Å². The lowest BCUT2D eigenvalue weighted by atomic mass is 9.81. The van der Waals surface area contributed by atoms with Crippen molar-refractivity contribution in [2.24, 2.45) is 0 Å². The second kappa shape index (κ2) is 15.7. The second-order valence-electron chi connectivity index (χ2n) is 11.6. The van der Waals surface area contributed by atoms with Gasteiger partial charge < -0.3 is 58.3 Å². The minimum atomic E-state index is -0.512.